The van der Waals surface area contributed by atoms with Gasteiger partial charge in [-0.1, -0.05) is 12.1 Å². The number of nitrogens with two attached hydrogens (primary N) is 6. The fourth-order valence-corrected chi connectivity index (χ4v) is 23.5. The van der Waals surface area contributed by atoms with E-state index in [9.17, 15) is 71.1 Å². The van der Waals surface area contributed by atoms with E-state index in [0.717, 1.165) is 4.68 Å². The monoisotopic (exact) mass is 2010 g/mol. The first-order valence-corrected chi connectivity index (χ1v) is 49.2. The van der Waals surface area contributed by atoms with Crippen LogP contribution in [0.1, 0.15) is 57.1 Å². The molecule has 0 radical (unpaired) electrons. The van der Waals surface area contributed by atoms with Crippen LogP contribution in [0.15, 0.2) is 82.8 Å². The topological polar surface area (TPSA) is 860 Å². The van der Waals surface area contributed by atoms with Gasteiger partial charge in [0.1, 0.15) is 95.0 Å². The number of hydrogen-bond acceptors (Lipinski definition) is 48. The number of fused-ring (bicyclic) bond motifs is 13. The van der Waals surface area contributed by atoms with Crippen LogP contribution in [0, 0.1) is 5.92 Å². The molecule has 23 heterocycles. The van der Waals surface area contributed by atoms with Gasteiger partial charge in [0.2, 0.25) is 17.8 Å². The van der Waals surface area contributed by atoms with Crippen LogP contribution in [0.2, 0.25) is 0 Å². The molecule has 11 aliphatic rings. The minimum absolute atomic E-state index is 0.00642. The summed E-state index contributed by atoms with van der Waals surface area (Å²) in [7, 11) is -29.6. The quantitative estimate of drug-likeness (QED) is 0.0917. The zero-order valence-corrected chi connectivity index (χ0v) is 73.9. The van der Waals surface area contributed by atoms with Gasteiger partial charge in [-0.2, -0.15) is 19.6 Å². The number of nitrogens with zero attached hydrogens (tertiary/aromatic N) is 19. The molecule has 722 valence electrons. The highest BCUT2D eigenvalue weighted by atomic mass is 31.2. The molecule has 0 aromatic carbocycles. The van der Waals surface area contributed by atoms with Gasteiger partial charge in [-0.3, -0.25) is 106 Å². The summed E-state index contributed by atoms with van der Waals surface area (Å²) in [5.74, 6) is -1.37. The number of rotatable bonds is 6. The van der Waals surface area contributed by atoms with Gasteiger partial charge in [0.05, 0.1) is 114 Å². The van der Waals surface area contributed by atoms with Gasteiger partial charge in [-0.25, -0.2) is 71.7 Å². The molecular weight excluding hydrogens is 1940 g/mol. The maximum Gasteiger partial charge on any atom is 0.472 e. The number of H-pyrrole nitrogens is 3. The Kier molecular flexibility index (Phi) is 22.8. The minimum atomic E-state index is -5.20. The van der Waals surface area contributed by atoms with Crippen LogP contribution in [-0.4, -0.2) is 280 Å². The number of anilines is 6. The van der Waals surface area contributed by atoms with Crippen molar-refractivity contribution in [3.63, 3.8) is 0 Å². The number of halogens is 1. The second-order valence-corrected chi connectivity index (χ2v) is 40.7. The number of hydrogen-bond donors (Lipinski definition) is 15. The zero-order valence-electron chi connectivity index (χ0n) is 68.5. The highest BCUT2D eigenvalue weighted by Crippen LogP contribution is 2.63. The summed E-state index contributed by atoms with van der Waals surface area (Å²) in [5, 5.41) is 7.45. The molecule has 135 heavy (non-hydrogen) atoms. The Balaban J connectivity index is 0.000000121. The van der Waals surface area contributed by atoms with E-state index in [-0.39, 0.29) is 83.0 Å². The lowest BCUT2D eigenvalue weighted by Crippen LogP contribution is -2.45. The Hall–Kier alpha value is -10.1. The Morgan fingerprint density at radius 2 is 0.763 bits per heavy atom. The van der Waals surface area contributed by atoms with Crippen molar-refractivity contribution in [1.82, 2.24) is 108 Å². The summed E-state index contributed by atoms with van der Waals surface area (Å²) in [5.41, 5.74) is 32.2. The SMILES string of the molecule is C[C@H]1[C@@H]2OP(=O)(O)OC[C@@H]3C[C@@H](OP(=O)(O)OC[C@H]2O[C@H]1n1cnc2c(N)ccnc21)[C@H](n1cnc2c(=O)[nH]c(N)nc21)O3.Nc1nc2c(ncn2[C@@H]2O[C@@H]3COP(=O)(O)O[C@@H]4C5OC[C@]4(COP(=O)(O)OC2C3)O[C@H]5n2cnc3c(N)ccnc32)c(=O)[nH]1.Nc1nc2c(nnn2[C@@H]2O[C@@H]3COP(=O)(O)O[C@H]4[C@H]5OC[C@]4(COP(=O)(O)O[C@@H]2[C@@H]3F)O[C@H]5n2cnc3c(N)ccnc32)c(=O)[nH]1. The van der Waals surface area contributed by atoms with Gasteiger partial charge in [-0.05, 0) is 18.2 Å². The largest absolute Gasteiger partial charge is 0.472 e. The summed E-state index contributed by atoms with van der Waals surface area (Å²) in [4.78, 5) is 154. The summed E-state index contributed by atoms with van der Waals surface area (Å²) in [6.45, 7) is -2.78. The molecule has 12 aromatic rings. The van der Waals surface area contributed by atoms with Crippen molar-refractivity contribution in [2.45, 2.75) is 148 Å². The van der Waals surface area contributed by atoms with Gasteiger partial charge in [0.25, 0.3) is 16.7 Å². The average Bonchev–Trinajstić information content (AvgIpc) is 1.56. The molecule has 11 aliphatic heterocycles. The molecule has 70 heteroatoms. The van der Waals surface area contributed by atoms with E-state index < -0.39 is 237 Å². The molecule has 28 atom stereocenters. The smallest absolute Gasteiger partial charge is 0.397 e. The molecule has 63 nitrogen and oxygen atoms in total. The van der Waals surface area contributed by atoms with Gasteiger partial charge < -0.3 is 102 Å². The maximum atomic E-state index is 15.8. The second kappa shape index (κ2) is 33.6. The Labute approximate surface area is 747 Å². The van der Waals surface area contributed by atoms with E-state index in [2.05, 4.69) is 80.1 Å². The van der Waals surface area contributed by atoms with Crippen LogP contribution in [0.25, 0.3) is 67.0 Å². The number of nitrogens with one attached hydrogen (secondary N) is 3. The third-order valence-corrected chi connectivity index (χ3v) is 29.5. The van der Waals surface area contributed by atoms with E-state index >= 15 is 4.39 Å². The fraction of sp³-hybridized carbons (Fsp3) is 0.508. The summed E-state index contributed by atoms with van der Waals surface area (Å²) in [6.07, 6.45) is -13.5. The third kappa shape index (κ3) is 16.7. The summed E-state index contributed by atoms with van der Waals surface area (Å²) < 4.78 is 216. The first-order valence-electron chi connectivity index (χ1n) is 40.2. The fourth-order valence-electron chi connectivity index (χ4n) is 17.6. The maximum absolute atomic E-state index is 15.8. The first kappa shape index (κ1) is 91.3. The highest BCUT2D eigenvalue weighted by Gasteiger charge is 2.69. The zero-order chi connectivity index (χ0) is 94.4. The molecule has 10 bridgehead atoms. The van der Waals surface area contributed by atoms with Crippen molar-refractivity contribution in [2.75, 3.05) is 87.3 Å². The van der Waals surface area contributed by atoms with Crippen molar-refractivity contribution in [2.24, 2.45) is 5.92 Å². The van der Waals surface area contributed by atoms with Crippen LogP contribution in [0.3, 0.4) is 0 Å². The lowest BCUT2D eigenvalue weighted by Gasteiger charge is -2.32. The average molecular weight is 2010 g/mol. The van der Waals surface area contributed by atoms with E-state index in [1.54, 1.807) is 29.7 Å². The standard InChI is InChI=1S/C22H25N9O12P2.C22H27N9O11P2.C21H23FN10O12P2/c23-10-1-2-25-16-12(10)26-7-30(16)20-14-15-22(41-20,5-37-14)6-39-45(35,36)42-11-3-9(4-38-44(33,34)43-15)40-19(11)31-8-27-13-17(31)28-21(24)29-18(13)32;1-9-16-13(40-20(9)30-7-26-14-11(23)2-3-25-17(14)30)6-38-43(33,34)41-12-4-10(5-37-44(35,36)42-16)39-21(12)31-8-27-15-18(31)28-22(24)29-19(15)32;22-9-8-3-39-45(34,35)44-14-13-18(31-6-26-10-7(23)1-2-25-15(10)31)42-21(14,4-38-13)5-40-46(36,37)43-12(9)19(41-8)32-16-11(29-30-32)17(33)28-20(24)27-16/h1-2,7-9,11,14-15,19-20H,3-6H2,(H2,23,25)(H,33,34)(H,35,36)(H3,24,28,29,32);2-3,7-10,12-13,16,20-21H,4-6H2,1H3,(H2,23,25)(H,33,34)(H,35,36)(H3,24,28,29,32);1-2,6,8-9,12-14,18-19H,3-5H2,(H2,23,25)(H,34,35)(H,36,37)(H3,24,27,28,33)/t9-,11?,14?,15+,19+,20+,22+;9-,10-,12+,13+,16-,20+,21+;8-,9-,12-,13-,14+,18-,19-,21-/m001/s1. The Morgan fingerprint density at radius 3 is 1.23 bits per heavy atom. The van der Waals surface area contributed by atoms with E-state index in [1.807, 2.05) is 0 Å². The Bertz CT molecular complexity index is 7230. The molecule has 11 fully saturated rings. The first-order chi connectivity index (χ1) is 64.2. The lowest BCUT2D eigenvalue weighted by molar-refractivity contribution is -0.184. The second-order valence-electron chi connectivity index (χ2n) is 32.3. The Morgan fingerprint density at radius 1 is 0.393 bits per heavy atom. The predicted octanol–water partition coefficient (Wildman–Crippen LogP) is -0.687. The molecule has 11 saturated heterocycles. The molecule has 23 rings (SSSR count). The van der Waals surface area contributed by atoms with Crippen LogP contribution < -0.4 is 51.1 Å². The number of phosphoric acid groups is 6. The van der Waals surface area contributed by atoms with Crippen molar-refractivity contribution in [3.8, 4) is 0 Å². The van der Waals surface area contributed by atoms with Crippen LogP contribution in [0.4, 0.5) is 39.3 Å². The van der Waals surface area contributed by atoms with Crippen molar-refractivity contribution in [1.29, 1.82) is 0 Å². The number of imidazole rings is 5. The molecule has 21 N–H and O–H groups in total. The van der Waals surface area contributed by atoms with E-state index in [4.69, 9.17) is 127 Å². The van der Waals surface area contributed by atoms with Crippen LogP contribution in [-0.2, 0) is 120 Å². The summed E-state index contributed by atoms with van der Waals surface area (Å²) in [6, 6.07) is 4.71. The number of nitrogen functional groups attached to an aromatic ring is 6. The predicted molar refractivity (Wildman–Crippen MR) is 439 cm³/mol. The number of aromatic amines is 3. The van der Waals surface area contributed by atoms with Crippen molar-refractivity contribution in [3.05, 3.63) is 99.5 Å². The highest BCUT2D eigenvalue weighted by molar-refractivity contribution is 7.48. The number of pyridine rings is 3. The van der Waals surface area contributed by atoms with Gasteiger partial charge in [-0.15, -0.1) is 5.10 Å². The van der Waals surface area contributed by atoms with Crippen molar-refractivity contribution < 1.29 is 153 Å². The van der Waals surface area contributed by atoms with E-state index in [1.165, 1.54) is 68.5 Å². The lowest BCUT2D eigenvalue weighted by atomic mass is 10.0. The number of alkyl halides is 1. The van der Waals surface area contributed by atoms with Gasteiger partial charge >= 0.3 is 46.9 Å². The van der Waals surface area contributed by atoms with E-state index in [0.29, 0.717) is 44.9 Å². The normalized spacial score (nSPS) is 38.3. The summed E-state index contributed by atoms with van der Waals surface area (Å²) >= 11 is 0. The van der Waals surface area contributed by atoms with Gasteiger partial charge in [0.15, 0.2) is 87.7 Å². The van der Waals surface area contributed by atoms with Crippen LogP contribution in [0.5, 0.6) is 0 Å². The minimum Gasteiger partial charge on any atom is -0.397 e. The molecule has 0 aliphatic carbocycles. The number of ether oxygens (including phenoxy) is 8. The molecule has 12 aromatic heterocycles. The molecule has 8 unspecified atom stereocenters. The molecule has 0 saturated carbocycles. The molecule has 0 spiro atoms. The van der Waals surface area contributed by atoms with Crippen LogP contribution >= 0.6 is 46.9 Å². The molecular formula is C65H75FN28O35P6. The number of phosphoric ester groups is 6. The van der Waals surface area contributed by atoms with Crippen molar-refractivity contribution >= 4 is 149 Å². The number of aromatic nitrogens is 22. The molecule has 0 amide bonds. The third-order valence-electron chi connectivity index (χ3n) is 23.6. The van der Waals surface area contributed by atoms with Gasteiger partial charge in [0, 0.05) is 37.4 Å².